The van der Waals surface area contributed by atoms with Crippen LogP contribution in [-0.2, 0) is 10.2 Å². The van der Waals surface area contributed by atoms with Gasteiger partial charge in [0.1, 0.15) is 0 Å². The second-order valence-electron chi connectivity index (χ2n) is 4.37. The Balaban J connectivity index is 2.99. The highest BCUT2D eigenvalue weighted by Crippen LogP contribution is 2.31. The van der Waals surface area contributed by atoms with Crippen molar-refractivity contribution in [2.45, 2.75) is 26.2 Å². The summed E-state index contributed by atoms with van der Waals surface area (Å²) in [6.07, 6.45) is 0. The molecule has 1 aromatic carbocycles. The van der Waals surface area contributed by atoms with Gasteiger partial charge in [0.2, 0.25) is 0 Å². The van der Waals surface area contributed by atoms with Crippen LogP contribution in [0, 0.1) is 5.92 Å². The van der Waals surface area contributed by atoms with Crippen LogP contribution in [0.25, 0.3) is 0 Å². The minimum Gasteiger partial charge on any atom is -0.384 e. The lowest BCUT2D eigenvalue weighted by molar-refractivity contribution is 0.111. The topological polar surface area (TPSA) is 9.23 Å². The maximum absolute atomic E-state index is 5.32. The Morgan fingerprint density at radius 2 is 1.79 bits per heavy atom. The molecule has 0 fully saturated rings. The Bertz CT molecular complexity index is 266. The van der Waals surface area contributed by atoms with Crippen LogP contribution >= 0.6 is 0 Å². The van der Waals surface area contributed by atoms with Crippen LogP contribution in [0.4, 0.5) is 0 Å². The summed E-state index contributed by atoms with van der Waals surface area (Å²) in [7, 11) is 1.77. The first-order valence-corrected chi connectivity index (χ1v) is 5.15. The first kappa shape index (κ1) is 11.3. The van der Waals surface area contributed by atoms with Gasteiger partial charge < -0.3 is 4.74 Å². The van der Waals surface area contributed by atoms with Crippen LogP contribution in [0.2, 0.25) is 0 Å². The zero-order chi connectivity index (χ0) is 10.6. The van der Waals surface area contributed by atoms with Gasteiger partial charge >= 0.3 is 0 Å². The number of methoxy groups -OCH3 is 1. The summed E-state index contributed by atoms with van der Waals surface area (Å²) in [6, 6.07) is 10.6. The maximum atomic E-state index is 5.32. The average Bonchev–Trinajstić information content (AvgIpc) is 2.19. The molecule has 0 saturated carbocycles. The lowest BCUT2D eigenvalue weighted by Gasteiger charge is -2.33. The van der Waals surface area contributed by atoms with Crippen molar-refractivity contribution in [3.63, 3.8) is 0 Å². The molecule has 0 aliphatic carbocycles. The van der Waals surface area contributed by atoms with Crippen molar-refractivity contribution in [1.29, 1.82) is 0 Å². The van der Waals surface area contributed by atoms with E-state index in [9.17, 15) is 0 Å². The molecule has 1 unspecified atom stereocenters. The smallest absolute Gasteiger partial charge is 0.0558 e. The summed E-state index contributed by atoms with van der Waals surface area (Å²) in [4.78, 5) is 0. The molecule has 0 aliphatic heterocycles. The molecule has 0 radical (unpaired) electrons. The summed E-state index contributed by atoms with van der Waals surface area (Å²) in [5, 5.41) is 0. The number of hydrogen-bond acceptors (Lipinski definition) is 1. The summed E-state index contributed by atoms with van der Waals surface area (Å²) in [5.41, 5.74) is 1.48. The van der Waals surface area contributed by atoms with E-state index in [0.717, 1.165) is 6.61 Å². The largest absolute Gasteiger partial charge is 0.384 e. The van der Waals surface area contributed by atoms with E-state index in [1.165, 1.54) is 5.56 Å². The summed E-state index contributed by atoms with van der Waals surface area (Å²) in [5.74, 6) is 0.574. The van der Waals surface area contributed by atoms with E-state index in [-0.39, 0.29) is 5.41 Å². The Kier molecular flexibility index (Phi) is 3.70. The van der Waals surface area contributed by atoms with Crippen LogP contribution in [0.5, 0.6) is 0 Å². The first-order chi connectivity index (χ1) is 6.61. The molecule has 0 amide bonds. The van der Waals surface area contributed by atoms with Crippen LogP contribution < -0.4 is 0 Å². The third-order valence-electron chi connectivity index (χ3n) is 3.15. The fraction of sp³-hybridized carbons (Fsp3) is 0.538. The van der Waals surface area contributed by atoms with Gasteiger partial charge in [-0.15, -0.1) is 0 Å². The molecule has 0 heterocycles. The number of hydrogen-bond donors (Lipinski definition) is 0. The van der Waals surface area contributed by atoms with Gasteiger partial charge in [0.05, 0.1) is 6.61 Å². The second kappa shape index (κ2) is 4.61. The van der Waals surface area contributed by atoms with Gasteiger partial charge in [-0.3, -0.25) is 0 Å². The molecule has 1 atom stereocenters. The van der Waals surface area contributed by atoms with Gasteiger partial charge in [-0.2, -0.15) is 0 Å². The zero-order valence-corrected chi connectivity index (χ0v) is 9.58. The summed E-state index contributed by atoms with van der Waals surface area (Å²) >= 11 is 0. The van der Waals surface area contributed by atoms with Gasteiger partial charge in [0.15, 0.2) is 0 Å². The minimum absolute atomic E-state index is 0.121. The van der Waals surface area contributed by atoms with E-state index in [2.05, 4.69) is 51.1 Å². The van der Waals surface area contributed by atoms with E-state index in [4.69, 9.17) is 4.74 Å². The minimum atomic E-state index is 0.121. The van der Waals surface area contributed by atoms with Crippen LogP contribution in [-0.4, -0.2) is 13.7 Å². The quantitative estimate of drug-likeness (QED) is 0.711. The fourth-order valence-electron chi connectivity index (χ4n) is 1.70. The molecule has 0 N–H and O–H groups in total. The molecule has 0 aliphatic rings. The molecule has 0 saturated heterocycles. The maximum Gasteiger partial charge on any atom is 0.0558 e. The van der Waals surface area contributed by atoms with Gasteiger partial charge in [0.25, 0.3) is 0 Å². The van der Waals surface area contributed by atoms with Gasteiger partial charge in [-0.1, -0.05) is 51.1 Å². The van der Waals surface area contributed by atoms with Crippen LogP contribution in [0.1, 0.15) is 26.3 Å². The number of ether oxygens (including phenoxy) is 1. The highest BCUT2D eigenvalue weighted by atomic mass is 16.5. The molecular weight excluding hydrogens is 172 g/mol. The Labute approximate surface area is 87.1 Å². The first-order valence-electron chi connectivity index (χ1n) is 5.15. The van der Waals surface area contributed by atoms with Crippen molar-refractivity contribution in [1.82, 2.24) is 0 Å². The van der Waals surface area contributed by atoms with Crippen molar-refractivity contribution in [2.24, 2.45) is 5.92 Å². The van der Waals surface area contributed by atoms with Gasteiger partial charge in [-0.25, -0.2) is 0 Å². The van der Waals surface area contributed by atoms with Crippen molar-refractivity contribution >= 4 is 0 Å². The molecule has 1 nitrogen and oxygen atoms in total. The molecule has 0 aromatic heterocycles. The van der Waals surface area contributed by atoms with E-state index in [1.807, 2.05) is 0 Å². The Morgan fingerprint density at radius 1 is 1.21 bits per heavy atom. The van der Waals surface area contributed by atoms with Gasteiger partial charge in [0, 0.05) is 12.5 Å². The average molecular weight is 192 g/mol. The second-order valence-corrected chi connectivity index (χ2v) is 4.37. The summed E-state index contributed by atoms with van der Waals surface area (Å²) < 4.78 is 5.32. The van der Waals surface area contributed by atoms with E-state index >= 15 is 0 Å². The van der Waals surface area contributed by atoms with Crippen LogP contribution in [0.3, 0.4) is 0 Å². The molecule has 0 spiro atoms. The highest BCUT2D eigenvalue weighted by Gasteiger charge is 2.29. The SMILES string of the molecule is COCC(C)(c1ccccc1)C(C)C. The lowest BCUT2D eigenvalue weighted by atomic mass is 9.74. The van der Waals surface area contributed by atoms with E-state index < -0.39 is 0 Å². The van der Waals surface area contributed by atoms with Crippen LogP contribution in [0.15, 0.2) is 30.3 Å². The van der Waals surface area contributed by atoms with Gasteiger partial charge in [-0.05, 0) is 11.5 Å². The Hall–Kier alpha value is -0.820. The van der Waals surface area contributed by atoms with Crippen molar-refractivity contribution < 1.29 is 4.74 Å². The van der Waals surface area contributed by atoms with Crippen molar-refractivity contribution in [3.8, 4) is 0 Å². The predicted molar refractivity (Wildman–Crippen MR) is 60.5 cm³/mol. The molecule has 1 rings (SSSR count). The number of rotatable bonds is 4. The number of benzene rings is 1. The highest BCUT2D eigenvalue weighted by molar-refractivity contribution is 5.25. The third kappa shape index (κ3) is 2.16. The van der Waals surface area contributed by atoms with Crippen molar-refractivity contribution in [2.75, 3.05) is 13.7 Å². The summed E-state index contributed by atoms with van der Waals surface area (Å²) in [6.45, 7) is 7.52. The Morgan fingerprint density at radius 3 is 2.21 bits per heavy atom. The molecule has 78 valence electrons. The third-order valence-corrected chi connectivity index (χ3v) is 3.15. The van der Waals surface area contributed by atoms with Crippen molar-refractivity contribution in [3.05, 3.63) is 35.9 Å². The normalized spacial score (nSPS) is 15.5. The molecular formula is C13H20O. The predicted octanol–water partition coefficient (Wildman–Crippen LogP) is 3.25. The fourth-order valence-corrected chi connectivity index (χ4v) is 1.70. The molecule has 0 bridgehead atoms. The van der Waals surface area contributed by atoms with E-state index in [0.29, 0.717) is 5.92 Å². The molecule has 1 aromatic rings. The van der Waals surface area contributed by atoms with E-state index in [1.54, 1.807) is 7.11 Å². The standard InChI is InChI=1S/C13H20O/c1-11(2)13(3,10-14-4)12-8-6-5-7-9-12/h5-9,11H,10H2,1-4H3. The zero-order valence-electron chi connectivity index (χ0n) is 9.58. The monoisotopic (exact) mass is 192 g/mol. The molecule has 1 heteroatoms. The lowest BCUT2D eigenvalue weighted by Crippen LogP contribution is -2.33. The molecule has 14 heavy (non-hydrogen) atoms.